The molecule has 0 unspecified atom stereocenters. The van der Waals surface area contributed by atoms with Crippen LogP contribution in [-0.4, -0.2) is 27.5 Å². The van der Waals surface area contributed by atoms with E-state index >= 15 is 0 Å². The summed E-state index contributed by atoms with van der Waals surface area (Å²) in [6.45, 7) is 4.05. The van der Waals surface area contributed by atoms with E-state index in [-0.39, 0.29) is 4.90 Å². The Morgan fingerprint density at radius 3 is 2.68 bits per heavy atom. The van der Waals surface area contributed by atoms with E-state index in [0.29, 0.717) is 11.5 Å². The van der Waals surface area contributed by atoms with Gasteiger partial charge in [0.2, 0.25) is 10.0 Å². The summed E-state index contributed by atoms with van der Waals surface area (Å²) in [6, 6.07) is 5.69. The van der Waals surface area contributed by atoms with Gasteiger partial charge >= 0.3 is 0 Å². The van der Waals surface area contributed by atoms with Gasteiger partial charge < -0.3 is 10.6 Å². The number of primary sulfonamides is 1. The zero-order chi connectivity index (χ0) is 15.8. The molecule has 1 atom stereocenters. The molecule has 22 heavy (non-hydrogen) atoms. The second-order valence-corrected chi connectivity index (χ2v) is 8.34. The maximum absolute atomic E-state index is 11.6. The van der Waals surface area contributed by atoms with Crippen LogP contribution < -0.4 is 15.8 Å². The molecule has 1 heterocycles. The van der Waals surface area contributed by atoms with Crippen molar-refractivity contribution >= 4 is 15.7 Å². The van der Waals surface area contributed by atoms with Gasteiger partial charge in [-0.05, 0) is 75.2 Å². The number of anilines is 1. The first-order valence-electron chi connectivity index (χ1n) is 7.99. The predicted octanol–water partition coefficient (Wildman–Crippen LogP) is 1.98. The highest BCUT2D eigenvalue weighted by atomic mass is 32.2. The van der Waals surface area contributed by atoms with Gasteiger partial charge in [-0.15, -0.1) is 0 Å². The van der Waals surface area contributed by atoms with Gasteiger partial charge in [-0.25, -0.2) is 13.6 Å². The summed E-state index contributed by atoms with van der Waals surface area (Å²) in [4.78, 5) is 0.215. The van der Waals surface area contributed by atoms with Gasteiger partial charge in [-0.2, -0.15) is 0 Å². The fourth-order valence-corrected chi connectivity index (χ4v) is 4.85. The van der Waals surface area contributed by atoms with Gasteiger partial charge in [-0.3, -0.25) is 0 Å². The maximum atomic E-state index is 11.6. The van der Waals surface area contributed by atoms with Crippen LogP contribution in [0.1, 0.15) is 37.7 Å². The van der Waals surface area contributed by atoms with E-state index in [0.717, 1.165) is 30.8 Å². The molecule has 1 saturated carbocycles. The summed E-state index contributed by atoms with van der Waals surface area (Å²) in [7, 11) is -3.66. The number of benzene rings is 1. The molecule has 1 aliphatic carbocycles. The first kappa shape index (κ1) is 15.8. The lowest BCUT2D eigenvalue weighted by Crippen LogP contribution is -2.35. The lowest BCUT2D eigenvalue weighted by molar-refractivity contribution is 0.208. The van der Waals surface area contributed by atoms with Crippen LogP contribution in [0.25, 0.3) is 0 Å². The molecule has 1 aromatic rings. The van der Waals surface area contributed by atoms with Gasteiger partial charge in [0.15, 0.2) is 0 Å². The molecular formula is C16H25N3O2S. The summed E-state index contributed by atoms with van der Waals surface area (Å²) in [5.74, 6) is 0. The molecule has 0 amide bonds. The second kappa shape index (κ2) is 5.83. The molecule has 4 N–H and O–H groups in total. The summed E-state index contributed by atoms with van der Waals surface area (Å²) in [5, 5.41) is 12.3. The maximum Gasteiger partial charge on any atom is 0.238 e. The normalized spacial score (nSPS) is 24.5. The average Bonchev–Trinajstić information content (AvgIpc) is 2.83. The Morgan fingerprint density at radius 1 is 1.27 bits per heavy atom. The summed E-state index contributed by atoms with van der Waals surface area (Å²) < 4.78 is 23.3. The first-order valence-corrected chi connectivity index (χ1v) is 9.54. The van der Waals surface area contributed by atoms with Crippen molar-refractivity contribution in [3.05, 3.63) is 23.8 Å². The largest absolute Gasteiger partial charge is 0.382 e. The van der Waals surface area contributed by atoms with Crippen LogP contribution in [0.15, 0.2) is 23.1 Å². The number of nitrogens with two attached hydrogens (primary N) is 1. The van der Waals surface area contributed by atoms with Crippen molar-refractivity contribution in [2.45, 2.75) is 50.0 Å². The first-order chi connectivity index (χ1) is 10.4. The smallest absolute Gasteiger partial charge is 0.238 e. The van der Waals surface area contributed by atoms with Crippen LogP contribution >= 0.6 is 0 Å². The third-order valence-electron chi connectivity index (χ3n) is 5.32. The second-order valence-electron chi connectivity index (χ2n) is 6.81. The Morgan fingerprint density at radius 2 is 2.00 bits per heavy atom. The van der Waals surface area contributed by atoms with Crippen LogP contribution in [0, 0.1) is 12.3 Å². The highest BCUT2D eigenvalue weighted by Crippen LogP contribution is 2.46. The number of hydrogen-bond donors (Lipinski definition) is 3. The quantitative estimate of drug-likeness (QED) is 0.794. The minimum Gasteiger partial charge on any atom is -0.382 e. The van der Waals surface area contributed by atoms with Crippen LogP contribution in [0.2, 0.25) is 0 Å². The molecule has 6 heteroatoms. The van der Waals surface area contributed by atoms with E-state index in [9.17, 15) is 8.42 Å². The predicted molar refractivity (Wildman–Crippen MR) is 88.4 cm³/mol. The van der Waals surface area contributed by atoms with Gasteiger partial charge in [0.05, 0.1) is 4.90 Å². The monoisotopic (exact) mass is 323 g/mol. The van der Waals surface area contributed by atoms with Gasteiger partial charge in [0.25, 0.3) is 0 Å². The molecule has 1 spiro atoms. The third kappa shape index (κ3) is 3.14. The molecule has 3 rings (SSSR count). The van der Waals surface area contributed by atoms with Crippen molar-refractivity contribution in [1.29, 1.82) is 0 Å². The van der Waals surface area contributed by atoms with Crippen LogP contribution in [0.4, 0.5) is 5.69 Å². The standard InChI is InChI=1S/C16H25N3O2S/c1-12-14(3-2-4-15(12)22(17,20)21)19-13-5-6-16(11-13)7-9-18-10-8-16/h2-4,13,18-19H,5-11H2,1H3,(H2,17,20,21)/t13-/m0/s1. The fraction of sp³-hybridized carbons (Fsp3) is 0.625. The van der Waals surface area contributed by atoms with Crippen LogP contribution in [0.5, 0.6) is 0 Å². The lowest BCUT2D eigenvalue weighted by atomic mass is 9.77. The molecule has 1 aliphatic heterocycles. The molecule has 0 radical (unpaired) electrons. The summed E-state index contributed by atoms with van der Waals surface area (Å²) >= 11 is 0. The van der Waals surface area contributed by atoms with Crippen molar-refractivity contribution in [1.82, 2.24) is 5.32 Å². The summed E-state index contributed by atoms with van der Waals surface area (Å²) in [5.41, 5.74) is 2.09. The van der Waals surface area contributed by atoms with E-state index in [1.807, 2.05) is 13.0 Å². The minimum absolute atomic E-state index is 0.215. The van der Waals surface area contributed by atoms with Crippen molar-refractivity contribution in [2.24, 2.45) is 10.6 Å². The Labute approximate surface area is 132 Å². The third-order valence-corrected chi connectivity index (χ3v) is 6.37. The highest BCUT2D eigenvalue weighted by molar-refractivity contribution is 7.89. The number of nitrogens with one attached hydrogen (secondary N) is 2. The molecule has 1 saturated heterocycles. The van der Waals surface area contributed by atoms with Gasteiger partial charge in [0, 0.05) is 11.7 Å². The average molecular weight is 323 g/mol. The molecule has 5 nitrogen and oxygen atoms in total. The summed E-state index contributed by atoms with van der Waals surface area (Å²) in [6.07, 6.45) is 6.09. The van der Waals surface area contributed by atoms with E-state index in [2.05, 4.69) is 10.6 Å². The van der Waals surface area contributed by atoms with E-state index < -0.39 is 10.0 Å². The van der Waals surface area contributed by atoms with Crippen molar-refractivity contribution in [3.8, 4) is 0 Å². The lowest BCUT2D eigenvalue weighted by Gasteiger charge is -2.34. The Hall–Kier alpha value is -1.11. The van der Waals surface area contributed by atoms with Crippen molar-refractivity contribution < 1.29 is 8.42 Å². The molecular weight excluding hydrogens is 298 g/mol. The zero-order valence-corrected chi connectivity index (χ0v) is 13.9. The van der Waals surface area contributed by atoms with E-state index in [1.54, 1.807) is 12.1 Å². The van der Waals surface area contributed by atoms with Crippen molar-refractivity contribution in [3.63, 3.8) is 0 Å². The van der Waals surface area contributed by atoms with Crippen LogP contribution in [0.3, 0.4) is 0 Å². The van der Waals surface area contributed by atoms with E-state index in [4.69, 9.17) is 5.14 Å². The molecule has 0 aromatic heterocycles. The molecule has 0 bridgehead atoms. The van der Waals surface area contributed by atoms with Crippen LogP contribution in [-0.2, 0) is 10.0 Å². The Kier molecular flexibility index (Phi) is 4.18. The number of piperidine rings is 1. The number of hydrogen-bond acceptors (Lipinski definition) is 4. The zero-order valence-electron chi connectivity index (χ0n) is 13.1. The number of rotatable bonds is 3. The SMILES string of the molecule is Cc1c(N[C@H]2CCC3(CCNCC3)C2)cccc1S(N)(=O)=O. The Balaban J connectivity index is 1.75. The van der Waals surface area contributed by atoms with Crippen molar-refractivity contribution in [2.75, 3.05) is 18.4 Å². The molecule has 2 aliphatic rings. The topological polar surface area (TPSA) is 84.2 Å². The molecule has 1 aromatic carbocycles. The molecule has 122 valence electrons. The number of sulfonamides is 1. The Bertz CT molecular complexity index is 651. The highest BCUT2D eigenvalue weighted by Gasteiger charge is 2.39. The fourth-order valence-electron chi connectivity index (χ4n) is 4.04. The van der Waals surface area contributed by atoms with Gasteiger partial charge in [0.1, 0.15) is 0 Å². The van der Waals surface area contributed by atoms with Gasteiger partial charge in [-0.1, -0.05) is 6.07 Å². The minimum atomic E-state index is -3.66. The molecule has 2 fully saturated rings. The van der Waals surface area contributed by atoms with E-state index in [1.165, 1.54) is 25.7 Å².